The summed E-state index contributed by atoms with van der Waals surface area (Å²) in [4.78, 5) is 0. The highest BCUT2D eigenvalue weighted by molar-refractivity contribution is 5.21. The van der Waals surface area contributed by atoms with Gasteiger partial charge in [0, 0.05) is 0 Å². The Hall–Kier alpha value is -0.980. The number of allylic oxidation sites excluding steroid dienone is 4. The van der Waals surface area contributed by atoms with Gasteiger partial charge in [-0.2, -0.15) is 0 Å². The van der Waals surface area contributed by atoms with Gasteiger partial charge in [0.15, 0.2) is 0 Å². The standard InChI is InChI=1S/C10H16O.C2H6/c1-4-6-10(7-5-2)8-9-11-3;1-2/h4,6,8-9H,1,5,7H2,2-3H3;1-2H3/b9-8-,10-6-;. The van der Waals surface area contributed by atoms with E-state index in [-0.39, 0.29) is 0 Å². The van der Waals surface area contributed by atoms with Crippen LogP contribution in [0.5, 0.6) is 0 Å². The van der Waals surface area contributed by atoms with Crippen molar-refractivity contribution >= 4 is 0 Å². The molecule has 0 atom stereocenters. The predicted octanol–water partition coefficient (Wildman–Crippen LogP) is 4.09. The van der Waals surface area contributed by atoms with Crippen LogP contribution in [0.2, 0.25) is 0 Å². The van der Waals surface area contributed by atoms with Crippen LogP contribution < -0.4 is 0 Å². The van der Waals surface area contributed by atoms with Gasteiger partial charge >= 0.3 is 0 Å². The van der Waals surface area contributed by atoms with Crippen molar-refractivity contribution in [3.05, 3.63) is 36.6 Å². The third-order valence-electron chi connectivity index (χ3n) is 1.29. The van der Waals surface area contributed by atoms with Gasteiger partial charge in [-0.3, -0.25) is 0 Å². The summed E-state index contributed by atoms with van der Waals surface area (Å²) in [6, 6.07) is 0. The number of ether oxygens (including phenoxy) is 1. The Morgan fingerprint density at radius 3 is 2.38 bits per heavy atom. The minimum Gasteiger partial charge on any atom is -0.504 e. The fraction of sp³-hybridized carbons (Fsp3) is 0.500. The minimum absolute atomic E-state index is 1.08. The molecule has 0 aromatic rings. The summed E-state index contributed by atoms with van der Waals surface area (Å²) in [5.74, 6) is 0. The van der Waals surface area contributed by atoms with Gasteiger partial charge in [0.2, 0.25) is 0 Å². The van der Waals surface area contributed by atoms with Crippen molar-refractivity contribution in [3.8, 4) is 0 Å². The molecule has 0 heterocycles. The number of methoxy groups -OCH3 is 1. The van der Waals surface area contributed by atoms with Crippen LogP contribution >= 0.6 is 0 Å². The monoisotopic (exact) mass is 182 g/mol. The van der Waals surface area contributed by atoms with Gasteiger partial charge < -0.3 is 4.74 Å². The molecule has 0 aliphatic rings. The maximum absolute atomic E-state index is 4.81. The molecule has 0 N–H and O–H groups in total. The van der Waals surface area contributed by atoms with Crippen LogP contribution in [0, 0.1) is 0 Å². The Morgan fingerprint density at radius 1 is 1.38 bits per heavy atom. The molecule has 76 valence electrons. The van der Waals surface area contributed by atoms with E-state index < -0.39 is 0 Å². The lowest BCUT2D eigenvalue weighted by Crippen LogP contribution is -1.77. The normalized spacial score (nSPS) is 10.6. The minimum atomic E-state index is 1.08. The molecule has 0 saturated carbocycles. The summed E-state index contributed by atoms with van der Waals surface area (Å²) in [7, 11) is 1.65. The Morgan fingerprint density at radius 2 is 2.00 bits per heavy atom. The Bertz CT molecular complexity index is 155. The van der Waals surface area contributed by atoms with Crippen molar-refractivity contribution in [1.82, 2.24) is 0 Å². The molecular formula is C12H22O. The van der Waals surface area contributed by atoms with Gasteiger partial charge in [-0.1, -0.05) is 45.9 Å². The SMILES string of the molecule is C=C/C=C(\C=C/OC)CCC.CC. The van der Waals surface area contributed by atoms with Crippen LogP contribution in [-0.4, -0.2) is 7.11 Å². The van der Waals surface area contributed by atoms with E-state index in [2.05, 4.69) is 13.5 Å². The Labute approximate surface area is 82.8 Å². The topological polar surface area (TPSA) is 9.23 Å². The van der Waals surface area contributed by atoms with Gasteiger partial charge in [0.25, 0.3) is 0 Å². The molecule has 13 heavy (non-hydrogen) atoms. The molecule has 0 aliphatic heterocycles. The third-order valence-corrected chi connectivity index (χ3v) is 1.29. The molecule has 0 radical (unpaired) electrons. The summed E-state index contributed by atoms with van der Waals surface area (Å²) in [5.41, 5.74) is 1.25. The van der Waals surface area contributed by atoms with Gasteiger partial charge in [-0.25, -0.2) is 0 Å². The third kappa shape index (κ3) is 11.0. The highest BCUT2D eigenvalue weighted by Gasteiger charge is 1.87. The highest BCUT2D eigenvalue weighted by atomic mass is 16.5. The largest absolute Gasteiger partial charge is 0.504 e. The zero-order valence-electron chi connectivity index (χ0n) is 9.34. The second kappa shape index (κ2) is 13.6. The quantitative estimate of drug-likeness (QED) is 0.459. The van der Waals surface area contributed by atoms with Crippen LogP contribution in [0.3, 0.4) is 0 Å². The summed E-state index contributed by atoms with van der Waals surface area (Å²) >= 11 is 0. The smallest absolute Gasteiger partial charge is 0.0827 e. The van der Waals surface area contributed by atoms with Crippen molar-refractivity contribution in [1.29, 1.82) is 0 Å². The Kier molecular flexibility index (Phi) is 15.2. The Balaban J connectivity index is 0. The summed E-state index contributed by atoms with van der Waals surface area (Å²) < 4.78 is 4.81. The summed E-state index contributed by atoms with van der Waals surface area (Å²) in [5, 5.41) is 0. The predicted molar refractivity (Wildman–Crippen MR) is 60.7 cm³/mol. The average molecular weight is 182 g/mol. The van der Waals surface area contributed by atoms with Crippen LogP contribution in [0.4, 0.5) is 0 Å². The average Bonchev–Trinajstić information content (AvgIpc) is 2.18. The molecule has 0 aromatic heterocycles. The molecule has 1 nitrogen and oxygen atoms in total. The second-order valence-corrected chi connectivity index (χ2v) is 2.27. The molecule has 1 heteroatoms. The molecule has 0 saturated heterocycles. The van der Waals surface area contributed by atoms with E-state index in [0.29, 0.717) is 0 Å². The molecule has 0 unspecified atom stereocenters. The first-order chi connectivity index (χ1) is 6.35. The van der Waals surface area contributed by atoms with E-state index in [0.717, 1.165) is 12.8 Å². The van der Waals surface area contributed by atoms with E-state index in [4.69, 9.17) is 4.74 Å². The molecule has 0 bridgehead atoms. The molecular weight excluding hydrogens is 160 g/mol. The van der Waals surface area contributed by atoms with E-state index in [1.807, 2.05) is 26.0 Å². The first kappa shape index (κ1) is 14.5. The summed E-state index contributed by atoms with van der Waals surface area (Å²) in [6.07, 6.45) is 9.67. The lowest BCUT2D eigenvalue weighted by molar-refractivity contribution is 0.337. The van der Waals surface area contributed by atoms with Crippen LogP contribution in [-0.2, 0) is 4.74 Å². The van der Waals surface area contributed by atoms with E-state index in [9.17, 15) is 0 Å². The second-order valence-electron chi connectivity index (χ2n) is 2.27. The van der Waals surface area contributed by atoms with Crippen LogP contribution in [0.15, 0.2) is 36.6 Å². The van der Waals surface area contributed by atoms with Crippen molar-refractivity contribution < 1.29 is 4.74 Å². The molecule has 0 fully saturated rings. The molecule has 0 aliphatic carbocycles. The van der Waals surface area contributed by atoms with E-state index in [1.54, 1.807) is 19.4 Å². The fourth-order valence-corrected chi connectivity index (χ4v) is 0.818. The van der Waals surface area contributed by atoms with Crippen LogP contribution in [0.25, 0.3) is 0 Å². The maximum atomic E-state index is 4.81. The van der Waals surface area contributed by atoms with E-state index >= 15 is 0 Å². The zero-order chi connectivity index (χ0) is 10.5. The van der Waals surface area contributed by atoms with Gasteiger partial charge in [0.1, 0.15) is 0 Å². The van der Waals surface area contributed by atoms with Crippen molar-refractivity contribution in [2.45, 2.75) is 33.6 Å². The zero-order valence-corrected chi connectivity index (χ0v) is 9.34. The van der Waals surface area contributed by atoms with Gasteiger partial charge in [-0.15, -0.1) is 0 Å². The number of hydrogen-bond acceptors (Lipinski definition) is 1. The van der Waals surface area contributed by atoms with Crippen molar-refractivity contribution in [3.63, 3.8) is 0 Å². The number of rotatable bonds is 5. The van der Waals surface area contributed by atoms with Crippen LogP contribution in [0.1, 0.15) is 33.6 Å². The lowest BCUT2D eigenvalue weighted by Gasteiger charge is -1.96. The fourth-order valence-electron chi connectivity index (χ4n) is 0.818. The maximum Gasteiger partial charge on any atom is 0.0827 e. The van der Waals surface area contributed by atoms with E-state index in [1.165, 1.54) is 5.57 Å². The van der Waals surface area contributed by atoms with Crippen molar-refractivity contribution in [2.75, 3.05) is 7.11 Å². The van der Waals surface area contributed by atoms with Gasteiger partial charge in [-0.05, 0) is 18.1 Å². The molecule has 0 amide bonds. The highest BCUT2D eigenvalue weighted by Crippen LogP contribution is 2.06. The molecule has 0 rings (SSSR count). The van der Waals surface area contributed by atoms with Crippen molar-refractivity contribution in [2.24, 2.45) is 0 Å². The summed E-state index contributed by atoms with van der Waals surface area (Å²) in [6.45, 7) is 9.79. The number of hydrogen-bond donors (Lipinski definition) is 0. The first-order valence-electron chi connectivity index (χ1n) is 4.86. The lowest BCUT2D eigenvalue weighted by atomic mass is 10.1. The first-order valence-corrected chi connectivity index (χ1v) is 4.86. The molecule has 0 aromatic carbocycles. The molecule has 0 spiro atoms. The van der Waals surface area contributed by atoms with Gasteiger partial charge in [0.05, 0.1) is 13.4 Å².